The summed E-state index contributed by atoms with van der Waals surface area (Å²) in [5, 5.41) is 41.1. The van der Waals surface area contributed by atoms with Crippen molar-refractivity contribution in [2.75, 3.05) is 39.5 Å². The van der Waals surface area contributed by atoms with Gasteiger partial charge in [0, 0.05) is 31.8 Å². The highest BCUT2D eigenvalue weighted by atomic mass is 16.4. The Balaban J connectivity index is 0. The fourth-order valence-electron chi connectivity index (χ4n) is 0.902. The average molecular weight is 265 g/mol. The van der Waals surface area contributed by atoms with Gasteiger partial charge in [0.1, 0.15) is 0 Å². The molecule has 0 aromatic carbocycles. The van der Waals surface area contributed by atoms with Crippen molar-refractivity contribution in [2.45, 2.75) is 0 Å². The number of aliphatic hydroxyl groups excluding tert-OH is 3. The van der Waals surface area contributed by atoms with E-state index in [9.17, 15) is 9.59 Å². The van der Waals surface area contributed by atoms with Crippen molar-refractivity contribution < 1.29 is 35.1 Å². The predicted molar refractivity (Wildman–Crippen MR) is 62.1 cm³/mol. The first-order chi connectivity index (χ1) is 8.47. The summed E-state index contributed by atoms with van der Waals surface area (Å²) >= 11 is 0. The number of aliphatic carboxylic acids is 2. The largest absolute Gasteiger partial charge is 0.478 e. The highest BCUT2D eigenvalue weighted by Crippen LogP contribution is 1.84. The maximum atomic E-state index is 9.55. The van der Waals surface area contributed by atoms with Crippen LogP contribution in [0.1, 0.15) is 0 Å². The first kappa shape index (κ1) is 18.9. The van der Waals surface area contributed by atoms with Gasteiger partial charge in [-0.1, -0.05) is 0 Å². The molecule has 0 aliphatic heterocycles. The molecule has 0 aliphatic carbocycles. The van der Waals surface area contributed by atoms with E-state index in [1.165, 1.54) is 0 Å². The number of carbonyl (C=O) groups is 2. The third-order valence-electron chi connectivity index (χ3n) is 1.62. The molecular formula is C10H19NO7. The average Bonchev–Trinajstić information content (AvgIpc) is 2.28. The molecule has 0 atom stereocenters. The van der Waals surface area contributed by atoms with Gasteiger partial charge in [-0.2, -0.15) is 0 Å². The van der Waals surface area contributed by atoms with Crippen molar-refractivity contribution in [1.82, 2.24) is 4.90 Å². The van der Waals surface area contributed by atoms with E-state index in [0.29, 0.717) is 31.8 Å². The van der Waals surface area contributed by atoms with Crippen LogP contribution in [-0.2, 0) is 9.59 Å². The molecule has 0 bridgehead atoms. The highest BCUT2D eigenvalue weighted by Gasteiger charge is 2.00. The molecule has 0 rings (SSSR count). The summed E-state index contributed by atoms with van der Waals surface area (Å²) in [7, 11) is 0. The molecule has 8 nitrogen and oxygen atoms in total. The molecule has 18 heavy (non-hydrogen) atoms. The third-order valence-corrected chi connectivity index (χ3v) is 1.62. The Morgan fingerprint density at radius 1 is 0.778 bits per heavy atom. The van der Waals surface area contributed by atoms with Gasteiger partial charge < -0.3 is 25.5 Å². The summed E-state index contributed by atoms with van der Waals surface area (Å²) < 4.78 is 0. The molecule has 0 radical (unpaired) electrons. The van der Waals surface area contributed by atoms with Gasteiger partial charge in [-0.3, -0.25) is 4.90 Å². The maximum absolute atomic E-state index is 9.55. The second kappa shape index (κ2) is 13.6. The van der Waals surface area contributed by atoms with E-state index in [2.05, 4.69) is 0 Å². The van der Waals surface area contributed by atoms with Crippen molar-refractivity contribution in [1.29, 1.82) is 0 Å². The Kier molecular flexibility index (Phi) is 14.2. The molecule has 0 heterocycles. The van der Waals surface area contributed by atoms with Crippen LogP contribution in [0.15, 0.2) is 12.2 Å². The number of hydrogen-bond acceptors (Lipinski definition) is 6. The van der Waals surface area contributed by atoms with Crippen LogP contribution in [0.4, 0.5) is 0 Å². The Morgan fingerprint density at radius 2 is 1.06 bits per heavy atom. The number of carboxylic acid groups (broad SMARTS) is 2. The smallest absolute Gasteiger partial charge is 0.328 e. The SMILES string of the molecule is O=C(O)/C=C/C(=O)O.OCCN(CCO)CCO. The molecule has 0 aromatic rings. The molecule has 106 valence electrons. The van der Waals surface area contributed by atoms with E-state index in [1.54, 1.807) is 4.90 Å². The number of rotatable bonds is 8. The normalized spacial score (nSPS) is 10.2. The van der Waals surface area contributed by atoms with E-state index in [-0.39, 0.29) is 19.8 Å². The minimum absolute atomic E-state index is 0.0694. The summed E-state index contributed by atoms with van der Waals surface area (Å²) in [5.74, 6) is -2.51. The molecule has 8 heteroatoms. The molecular weight excluding hydrogens is 246 g/mol. The van der Waals surface area contributed by atoms with Crippen molar-refractivity contribution in [3.05, 3.63) is 12.2 Å². The van der Waals surface area contributed by atoms with E-state index >= 15 is 0 Å². The fourth-order valence-corrected chi connectivity index (χ4v) is 0.902. The summed E-state index contributed by atoms with van der Waals surface area (Å²) in [4.78, 5) is 20.9. The zero-order valence-electron chi connectivity index (χ0n) is 9.90. The van der Waals surface area contributed by atoms with E-state index in [4.69, 9.17) is 25.5 Å². The van der Waals surface area contributed by atoms with Gasteiger partial charge in [-0.05, 0) is 0 Å². The van der Waals surface area contributed by atoms with E-state index in [1.807, 2.05) is 0 Å². The van der Waals surface area contributed by atoms with Gasteiger partial charge in [-0.25, -0.2) is 9.59 Å². The zero-order chi connectivity index (χ0) is 14.4. The van der Waals surface area contributed by atoms with Crippen LogP contribution in [0, 0.1) is 0 Å². The first-order valence-corrected chi connectivity index (χ1v) is 5.16. The molecule has 0 saturated carbocycles. The van der Waals surface area contributed by atoms with Gasteiger partial charge in [0.2, 0.25) is 0 Å². The van der Waals surface area contributed by atoms with Crippen LogP contribution >= 0.6 is 0 Å². The van der Waals surface area contributed by atoms with Gasteiger partial charge >= 0.3 is 11.9 Å². The Bertz CT molecular complexity index is 224. The molecule has 0 aliphatic rings. The Hall–Kier alpha value is -1.48. The molecule has 0 fully saturated rings. The molecule has 0 spiro atoms. The first-order valence-electron chi connectivity index (χ1n) is 5.16. The lowest BCUT2D eigenvalue weighted by atomic mass is 10.4. The second-order valence-electron chi connectivity index (χ2n) is 3.02. The number of aliphatic hydroxyl groups is 3. The van der Waals surface area contributed by atoms with Crippen molar-refractivity contribution in [3.63, 3.8) is 0 Å². The predicted octanol–water partition coefficient (Wildman–Crippen LogP) is -2.02. The zero-order valence-corrected chi connectivity index (χ0v) is 9.90. The second-order valence-corrected chi connectivity index (χ2v) is 3.02. The van der Waals surface area contributed by atoms with Crippen LogP contribution in [0.5, 0.6) is 0 Å². The van der Waals surface area contributed by atoms with Gasteiger partial charge in [0.25, 0.3) is 0 Å². The minimum Gasteiger partial charge on any atom is -0.478 e. The Morgan fingerprint density at radius 3 is 1.22 bits per heavy atom. The summed E-state index contributed by atoms with van der Waals surface area (Å²) in [6, 6.07) is 0. The monoisotopic (exact) mass is 265 g/mol. The van der Waals surface area contributed by atoms with E-state index < -0.39 is 11.9 Å². The molecule has 5 N–H and O–H groups in total. The highest BCUT2D eigenvalue weighted by molar-refractivity contribution is 5.89. The molecule has 0 unspecified atom stereocenters. The summed E-state index contributed by atoms with van der Waals surface area (Å²) in [5.41, 5.74) is 0. The summed E-state index contributed by atoms with van der Waals surface area (Å²) in [6.45, 7) is 1.75. The lowest BCUT2D eigenvalue weighted by Gasteiger charge is -2.17. The molecule has 0 amide bonds. The molecule has 0 saturated heterocycles. The van der Waals surface area contributed by atoms with Gasteiger partial charge in [-0.15, -0.1) is 0 Å². The van der Waals surface area contributed by atoms with Crippen LogP contribution in [-0.4, -0.2) is 81.8 Å². The van der Waals surface area contributed by atoms with E-state index in [0.717, 1.165) is 0 Å². The van der Waals surface area contributed by atoms with Crippen LogP contribution in [0.25, 0.3) is 0 Å². The maximum Gasteiger partial charge on any atom is 0.328 e. The minimum atomic E-state index is -1.26. The van der Waals surface area contributed by atoms with Crippen molar-refractivity contribution >= 4 is 11.9 Å². The van der Waals surface area contributed by atoms with Crippen molar-refractivity contribution in [3.8, 4) is 0 Å². The summed E-state index contributed by atoms with van der Waals surface area (Å²) in [6.07, 6.45) is 1.12. The lowest BCUT2D eigenvalue weighted by molar-refractivity contribution is -0.134. The van der Waals surface area contributed by atoms with Crippen LogP contribution in [0.2, 0.25) is 0 Å². The number of nitrogens with zero attached hydrogens (tertiary/aromatic N) is 1. The number of carboxylic acids is 2. The standard InChI is InChI=1S/C6H15NO3.C4H4O4/c8-4-1-7(2-5-9)3-6-10;5-3(6)1-2-4(7)8/h8-10H,1-6H2;1-2H,(H,5,6)(H,7,8)/b;2-1+. The quantitative estimate of drug-likeness (QED) is 0.317. The van der Waals surface area contributed by atoms with Gasteiger partial charge in [0.15, 0.2) is 0 Å². The molecule has 0 aromatic heterocycles. The lowest BCUT2D eigenvalue weighted by Crippen LogP contribution is -2.32. The fraction of sp³-hybridized carbons (Fsp3) is 0.600. The van der Waals surface area contributed by atoms with Crippen LogP contribution < -0.4 is 0 Å². The third kappa shape index (κ3) is 16.9. The van der Waals surface area contributed by atoms with Crippen LogP contribution in [0.3, 0.4) is 0 Å². The van der Waals surface area contributed by atoms with Gasteiger partial charge in [0.05, 0.1) is 19.8 Å². The Labute approximate surface area is 104 Å². The van der Waals surface area contributed by atoms with Crippen molar-refractivity contribution in [2.24, 2.45) is 0 Å². The topological polar surface area (TPSA) is 139 Å². The number of hydrogen-bond donors (Lipinski definition) is 5.